The fourth-order valence-corrected chi connectivity index (χ4v) is 6.15. The van der Waals surface area contributed by atoms with Gasteiger partial charge in [-0.1, -0.05) is 56.0 Å². The largest absolute Gasteiger partial charge is 0.481 e. The van der Waals surface area contributed by atoms with Gasteiger partial charge in [-0.15, -0.1) is 0 Å². The van der Waals surface area contributed by atoms with Crippen molar-refractivity contribution in [2.75, 3.05) is 13.1 Å². The minimum absolute atomic E-state index is 0.186. The molecule has 0 spiro atoms. The van der Waals surface area contributed by atoms with Gasteiger partial charge in [-0.05, 0) is 82.4 Å². The van der Waals surface area contributed by atoms with Gasteiger partial charge in [0.2, 0.25) is 0 Å². The number of unbranched alkanes of at least 4 members (excludes halogenated alkanes) is 6. The number of carboxylic acids is 1. The molecule has 2 aromatic heterocycles. The minimum atomic E-state index is -0.680. The van der Waals surface area contributed by atoms with Crippen molar-refractivity contribution in [2.24, 2.45) is 0 Å². The van der Waals surface area contributed by atoms with Gasteiger partial charge in [-0.25, -0.2) is 4.98 Å². The lowest BCUT2D eigenvalue weighted by atomic mass is 9.93. The van der Waals surface area contributed by atoms with Gasteiger partial charge in [0.15, 0.2) is 0 Å². The molecule has 6 heteroatoms. The van der Waals surface area contributed by atoms with Crippen LogP contribution in [0.25, 0.3) is 16.5 Å². The maximum absolute atomic E-state index is 10.7. The van der Waals surface area contributed by atoms with Gasteiger partial charge >= 0.3 is 5.97 Å². The summed E-state index contributed by atoms with van der Waals surface area (Å²) in [5.41, 5.74) is 5.68. The first-order valence-corrected chi connectivity index (χ1v) is 15.0. The zero-order chi connectivity index (χ0) is 27.0. The molecule has 0 saturated heterocycles. The molecule has 0 fully saturated rings. The van der Waals surface area contributed by atoms with E-state index in [2.05, 4.69) is 66.0 Å². The van der Waals surface area contributed by atoms with Gasteiger partial charge in [-0.3, -0.25) is 9.69 Å². The molecule has 1 aromatic carbocycles. The van der Waals surface area contributed by atoms with E-state index in [1.807, 2.05) is 18.3 Å². The number of benzene rings is 1. The van der Waals surface area contributed by atoms with Crippen LogP contribution in [-0.2, 0) is 11.2 Å². The number of aliphatic carboxylic acids is 1. The monoisotopic (exact) mass is 533 g/mol. The van der Waals surface area contributed by atoms with Crippen LogP contribution in [0, 0.1) is 0 Å². The van der Waals surface area contributed by atoms with Crippen molar-refractivity contribution in [3.63, 3.8) is 0 Å². The average Bonchev–Trinajstić information content (AvgIpc) is 3.25. The van der Waals surface area contributed by atoms with Gasteiger partial charge in [0.1, 0.15) is 5.03 Å². The summed E-state index contributed by atoms with van der Waals surface area (Å²) in [5, 5.41) is 11.1. The highest BCUT2D eigenvalue weighted by Gasteiger charge is 2.25. The third-order valence-electron chi connectivity index (χ3n) is 7.50. The molecule has 0 saturated carbocycles. The number of aromatic nitrogens is 2. The lowest BCUT2D eigenvalue weighted by Gasteiger charge is -2.37. The van der Waals surface area contributed by atoms with Crippen molar-refractivity contribution in [1.29, 1.82) is 0 Å². The topological polar surface area (TPSA) is 69.2 Å². The Bertz CT molecular complexity index is 1230. The number of nitrogens with one attached hydrogen (secondary N) is 1. The van der Waals surface area contributed by atoms with Crippen LogP contribution in [0.4, 0.5) is 0 Å². The number of carboxylic acid groups (broad SMARTS) is 1. The van der Waals surface area contributed by atoms with Crippen molar-refractivity contribution in [1.82, 2.24) is 14.9 Å². The standard InChI is InChI=1S/C32H43N3O2S/c1-32(2,3)35-21-18-24(19-22-35)31-26-23-25(38-29-14-11-12-20-33-29)16-17-27(26)34-28(31)13-9-7-5-4-6-8-10-15-30(36)37/h11-12,14,16-18,20,23,34H,4-10,13,15,19,21-22H2,1-3H3,(H,36,37). The fraction of sp³-hybridized carbons (Fsp3) is 0.500. The van der Waals surface area contributed by atoms with Crippen LogP contribution in [-0.4, -0.2) is 44.6 Å². The Morgan fingerprint density at radius 2 is 1.82 bits per heavy atom. The second-order valence-corrected chi connectivity index (χ2v) is 12.5. The predicted octanol–water partition coefficient (Wildman–Crippen LogP) is 8.35. The number of pyridine rings is 1. The van der Waals surface area contributed by atoms with Gasteiger partial charge in [-0.2, -0.15) is 0 Å². The molecule has 38 heavy (non-hydrogen) atoms. The summed E-state index contributed by atoms with van der Waals surface area (Å²) >= 11 is 1.72. The molecule has 1 aliphatic heterocycles. The van der Waals surface area contributed by atoms with Gasteiger partial charge in [0, 0.05) is 58.3 Å². The van der Waals surface area contributed by atoms with E-state index in [0.717, 1.165) is 50.2 Å². The zero-order valence-electron chi connectivity index (χ0n) is 23.3. The summed E-state index contributed by atoms with van der Waals surface area (Å²) in [4.78, 5) is 22.7. The van der Waals surface area contributed by atoms with Crippen molar-refractivity contribution < 1.29 is 9.90 Å². The summed E-state index contributed by atoms with van der Waals surface area (Å²) in [6.07, 6.45) is 14.5. The van der Waals surface area contributed by atoms with E-state index in [0.29, 0.717) is 6.42 Å². The van der Waals surface area contributed by atoms with E-state index < -0.39 is 5.97 Å². The van der Waals surface area contributed by atoms with Crippen molar-refractivity contribution in [3.8, 4) is 0 Å². The zero-order valence-corrected chi connectivity index (χ0v) is 24.1. The molecule has 3 aromatic rings. The van der Waals surface area contributed by atoms with E-state index in [1.54, 1.807) is 11.8 Å². The average molecular weight is 534 g/mol. The molecule has 5 nitrogen and oxygen atoms in total. The summed E-state index contributed by atoms with van der Waals surface area (Å²) < 4.78 is 0. The number of nitrogens with zero attached hydrogens (tertiary/aromatic N) is 2. The molecule has 0 amide bonds. The molecule has 204 valence electrons. The van der Waals surface area contributed by atoms with Crippen molar-refractivity contribution in [3.05, 3.63) is 59.9 Å². The Labute approximate surface area is 232 Å². The van der Waals surface area contributed by atoms with Crippen LogP contribution in [0.1, 0.15) is 89.8 Å². The van der Waals surface area contributed by atoms with Crippen LogP contribution in [0.2, 0.25) is 0 Å². The highest BCUT2D eigenvalue weighted by Crippen LogP contribution is 2.37. The summed E-state index contributed by atoms with van der Waals surface area (Å²) in [7, 11) is 0. The normalized spacial score (nSPS) is 14.7. The third-order valence-corrected chi connectivity index (χ3v) is 8.44. The van der Waals surface area contributed by atoms with Gasteiger partial charge in [0.25, 0.3) is 0 Å². The molecular formula is C32H43N3O2S. The lowest BCUT2D eigenvalue weighted by molar-refractivity contribution is -0.137. The summed E-state index contributed by atoms with van der Waals surface area (Å²) in [5.74, 6) is -0.680. The number of rotatable bonds is 13. The number of hydrogen-bond acceptors (Lipinski definition) is 4. The molecule has 0 aliphatic carbocycles. The van der Waals surface area contributed by atoms with Crippen LogP contribution in [0.3, 0.4) is 0 Å². The molecule has 3 heterocycles. The quantitative estimate of drug-likeness (QED) is 0.216. The minimum Gasteiger partial charge on any atom is -0.481 e. The number of fused-ring (bicyclic) bond motifs is 1. The van der Waals surface area contributed by atoms with Crippen LogP contribution >= 0.6 is 11.8 Å². The predicted molar refractivity (Wildman–Crippen MR) is 159 cm³/mol. The first-order valence-electron chi connectivity index (χ1n) is 14.2. The van der Waals surface area contributed by atoms with Crippen LogP contribution in [0.5, 0.6) is 0 Å². The van der Waals surface area contributed by atoms with Crippen LogP contribution in [0.15, 0.2) is 58.6 Å². The Kier molecular flexibility index (Phi) is 10.1. The highest BCUT2D eigenvalue weighted by atomic mass is 32.2. The molecular weight excluding hydrogens is 490 g/mol. The Morgan fingerprint density at radius 3 is 2.47 bits per heavy atom. The molecule has 0 bridgehead atoms. The number of H-pyrrole nitrogens is 1. The smallest absolute Gasteiger partial charge is 0.303 e. The Morgan fingerprint density at radius 1 is 1.05 bits per heavy atom. The number of carbonyl (C=O) groups is 1. The SMILES string of the molecule is CC(C)(C)N1CC=C(c2c(CCCCCCCCCC(=O)O)[nH]c3ccc(Sc4ccccn4)cc23)CC1. The first-order chi connectivity index (χ1) is 18.3. The lowest BCUT2D eigenvalue weighted by Crippen LogP contribution is -2.43. The summed E-state index contributed by atoms with van der Waals surface area (Å²) in [6.45, 7) is 8.99. The second kappa shape index (κ2) is 13.5. The van der Waals surface area contributed by atoms with Crippen LogP contribution < -0.4 is 0 Å². The van der Waals surface area contributed by atoms with Crippen molar-refractivity contribution >= 4 is 34.2 Å². The van der Waals surface area contributed by atoms with E-state index in [9.17, 15) is 4.79 Å². The molecule has 4 rings (SSSR count). The summed E-state index contributed by atoms with van der Waals surface area (Å²) in [6, 6.07) is 12.8. The highest BCUT2D eigenvalue weighted by molar-refractivity contribution is 7.99. The maximum Gasteiger partial charge on any atom is 0.303 e. The molecule has 1 aliphatic rings. The first kappa shape index (κ1) is 28.4. The molecule has 0 radical (unpaired) electrons. The third kappa shape index (κ3) is 7.97. The van der Waals surface area contributed by atoms with Crippen molar-refractivity contribution in [2.45, 2.75) is 100 Å². The van der Waals surface area contributed by atoms with E-state index in [1.165, 1.54) is 58.3 Å². The maximum atomic E-state index is 10.7. The molecule has 0 unspecified atom stereocenters. The van der Waals surface area contributed by atoms with Gasteiger partial charge in [0.05, 0.1) is 0 Å². The Balaban J connectivity index is 1.47. The number of aromatic amines is 1. The molecule has 2 N–H and O–H groups in total. The number of hydrogen-bond donors (Lipinski definition) is 2. The number of aryl methyl sites for hydroxylation is 1. The van der Waals surface area contributed by atoms with E-state index >= 15 is 0 Å². The molecule has 0 atom stereocenters. The van der Waals surface area contributed by atoms with E-state index in [-0.39, 0.29) is 5.54 Å². The van der Waals surface area contributed by atoms with Gasteiger partial charge < -0.3 is 10.1 Å². The second-order valence-electron chi connectivity index (χ2n) is 11.4. The van der Waals surface area contributed by atoms with E-state index in [4.69, 9.17) is 5.11 Å². The Hall–Kier alpha value is -2.57. The fourth-order valence-electron chi connectivity index (χ4n) is 5.34.